The molecule has 0 aliphatic carbocycles. The largest absolute Gasteiger partial charge is 0.394 e. The Labute approximate surface area is 78.2 Å². The van der Waals surface area contributed by atoms with Gasteiger partial charge in [-0.15, -0.1) is 0 Å². The van der Waals surface area contributed by atoms with E-state index in [1.807, 2.05) is 37.3 Å². The molecule has 0 radical (unpaired) electrons. The molecule has 0 saturated carbocycles. The van der Waals surface area contributed by atoms with Crippen molar-refractivity contribution in [2.45, 2.75) is 13.0 Å². The quantitative estimate of drug-likeness (QED) is 0.559. The molecule has 1 rings (SSSR count). The van der Waals surface area contributed by atoms with E-state index in [2.05, 4.69) is 5.16 Å². The van der Waals surface area contributed by atoms with Crippen LogP contribution in [0.5, 0.6) is 0 Å². The first-order valence-electron chi connectivity index (χ1n) is 4.25. The highest BCUT2D eigenvalue weighted by molar-refractivity contribution is 5.78. The average molecular weight is 178 g/mol. The van der Waals surface area contributed by atoms with E-state index in [9.17, 15) is 0 Å². The predicted molar refractivity (Wildman–Crippen MR) is 53.6 cm³/mol. The van der Waals surface area contributed by atoms with Crippen molar-refractivity contribution in [1.29, 1.82) is 0 Å². The average Bonchev–Trinajstić information content (AvgIpc) is 2.14. The Bertz CT molecular complexity index is 257. The Balaban J connectivity index is 2.33. The molecule has 0 fully saturated rings. The van der Waals surface area contributed by atoms with Crippen LogP contribution in [-0.2, 0) is 4.84 Å². The standard InChI is InChI=1S/C10H14N2O/c1-9(11)8-13-12-7-10-5-3-2-4-6-10/h2-7,9H,8,11H2,1H3/b12-7+. The number of hydrogen-bond donors (Lipinski definition) is 1. The number of oxime groups is 1. The van der Waals surface area contributed by atoms with Gasteiger partial charge >= 0.3 is 0 Å². The molecule has 1 atom stereocenters. The fourth-order valence-corrected chi connectivity index (χ4v) is 0.798. The highest BCUT2D eigenvalue weighted by Gasteiger charge is 1.90. The fourth-order valence-electron chi connectivity index (χ4n) is 0.798. The van der Waals surface area contributed by atoms with Gasteiger partial charge in [-0.2, -0.15) is 0 Å². The van der Waals surface area contributed by atoms with Gasteiger partial charge in [0.1, 0.15) is 6.61 Å². The van der Waals surface area contributed by atoms with Crippen LogP contribution in [0.1, 0.15) is 12.5 Å². The summed E-state index contributed by atoms with van der Waals surface area (Å²) in [6.45, 7) is 2.32. The second-order valence-electron chi connectivity index (χ2n) is 2.92. The van der Waals surface area contributed by atoms with Crippen LogP contribution in [0.2, 0.25) is 0 Å². The van der Waals surface area contributed by atoms with Gasteiger partial charge in [-0.1, -0.05) is 35.5 Å². The van der Waals surface area contributed by atoms with Gasteiger partial charge in [0, 0.05) is 6.04 Å². The van der Waals surface area contributed by atoms with Crippen LogP contribution in [0.4, 0.5) is 0 Å². The van der Waals surface area contributed by atoms with Gasteiger partial charge in [0.05, 0.1) is 6.21 Å². The van der Waals surface area contributed by atoms with Crippen LogP contribution in [0, 0.1) is 0 Å². The molecule has 70 valence electrons. The molecule has 0 spiro atoms. The van der Waals surface area contributed by atoms with Crippen LogP contribution >= 0.6 is 0 Å². The third-order valence-electron chi connectivity index (χ3n) is 1.41. The third kappa shape index (κ3) is 4.28. The maximum Gasteiger partial charge on any atom is 0.131 e. The van der Waals surface area contributed by atoms with Crippen LogP contribution in [0.25, 0.3) is 0 Å². The summed E-state index contributed by atoms with van der Waals surface area (Å²) >= 11 is 0. The molecule has 3 heteroatoms. The second kappa shape index (κ2) is 5.32. The molecular formula is C10H14N2O. The molecule has 1 aromatic rings. The molecule has 1 unspecified atom stereocenters. The highest BCUT2D eigenvalue weighted by Crippen LogP contribution is 1.94. The zero-order chi connectivity index (χ0) is 9.52. The third-order valence-corrected chi connectivity index (χ3v) is 1.41. The highest BCUT2D eigenvalue weighted by atomic mass is 16.6. The Morgan fingerprint density at radius 3 is 2.77 bits per heavy atom. The zero-order valence-corrected chi connectivity index (χ0v) is 7.68. The molecule has 0 saturated heterocycles. The van der Waals surface area contributed by atoms with E-state index in [1.54, 1.807) is 6.21 Å². The molecule has 0 heterocycles. The van der Waals surface area contributed by atoms with Gasteiger partial charge in [0.25, 0.3) is 0 Å². The Morgan fingerprint density at radius 2 is 2.15 bits per heavy atom. The first-order chi connectivity index (χ1) is 6.29. The smallest absolute Gasteiger partial charge is 0.131 e. The van der Waals surface area contributed by atoms with E-state index >= 15 is 0 Å². The molecule has 13 heavy (non-hydrogen) atoms. The van der Waals surface area contributed by atoms with Crippen molar-refractivity contribution in [3.63, 3.8) is 0 Å². The monoisotopic (exact) mass is 178 g/mol. The summed E-state index contributed by atoms with van der Waals surface area (Å²) in [6.07, 6.45) is 1.67. The first-order valence-corrected chi connectivity index (χ1v) is 4.25. The lowest BCUT2D eigenvalue weighted by Gasteiger charge is -2.00. The summed E-state index contributed by atoms with van der Waals surface area (Å²) in [4.78, 5) is 4.94. The Morgan fingerprint density at radius 1 is 1.46 bits per heavy atom. The predicted octanol–water partition coefficient (Wildman–Crippen LogP) is 1.38. The van der Waals surface area contributed by atoms with E-state index < -0.39 is 0 Å². The van der Waals surface area contributed by atoms with Gasteiger partial charge in [-0.3, -0.25) is 0 Å². The second-order valence-corrected chi connectivity index (χ2v) is 2.92. The van der Waals surface area contributed by atoms with Crippen molar-refractivity contribution in [1.82, 2.24) is 0 Å². The van der Waals surface area contributed by atoms with Gasteiger partial charge in [-0.05, 0) is 12.5 Å². The molecular weight excluding hydrogens is 164 g/mol. The van der Waals surface area contributed by atoms with Gasteiger partial charge in [0.2, 0.25) is 0 Å². The number of rotatable bonds is 4. The molecule has 0 aromatic heterocycles. The van der Waals surface area contributed by atoms with E-state index in [4.69, 9.17) is 10.6 Å². The summed E-state index contributed by atoms with van der Waals surface area (Å²) in [5.74, 6) is 0. The van der Waals surface area contributed by atoms with E-state index in [0.717, 1.165) is 5.56 Å². The van der Waals surface area contributed by atoms with Crippen molar-refractivity contribution < 1.29 is 4.84 Å². The minimum absolute atomic E-state index is 0.0212. The summed E-state index contributed by atoms with van der Waals surface area (Å²) in [6, 6.07) is 9.80. The van der Waals surface area contributed by atoms with Crippen molar-refractivity contribution in [2.24, 2.45) is 10.9 Å². The van der Waals surface area contributed by atoms with Crippen LogP contribution in [-0.4, -0.2) is 18.9 Å². The van der Waals surface area contributed by atoms with Gasteiger partial charge in [0.15, 0.2) is 0 Å². The molecule has 2 N–H and O–H groups in total. The molecule has 3 nitrogen and oxygen atoms in total. The molecule has 1 aromatic carbocycles. The van der Waals surface area contributed by atoms with Crippen LogP contribution < -0.4 is 5.73 Å². The zero-order valence-electron chi connectivity index (χ0n) is 7.68. The van der Waals surface area contributed by atoms with Crippen molar-refractivity contribution in [2.75, 3.05) is 6.61 Å². The topological polar surface area (TPSA) is 47.6 Å². The Hall–Kier alpha value is -1.35. The number of benzene rings is 1. The van der Waals surface area contributed by atoms with Crippen molar-refractivity contribution in [3.05, 3.63) is 35.9 Å². The molecule has 0 bridgehead atoms. The normalized spacial score (nSPS) is 13.1. The minimum Gasteiger partial charge on any atom is -0.394 e. The van der Waals surface area contributed by atoms with Gasteiger partial charge < -0.3 is 10.6 Å². The first kappa shape index (κ1) is 9.74. The summed E-state index contributed by atoms with van der Waals surface area (Å²) in [5, 5.41) is 3.78. The maximum absolute atomic E-state index is 5.47. The van der Waals surface area contributed by atoms with Crippen molar-refractivity contribution >= 4 is 6.21 Å². The SMILES string of the molecule is CC(N)CO/N=C/c1ccccc1. The van der Waals surface area contributed by atoms with Crippen LogP contribution in [0.3, 0.4) is 0 Å². The number of hydrogen-bond acceptors (Lipinski definition) is 3. The summed E-state index contributed by atoms with van der Waals surface area (Å²) in [7, 11) is 0. The van der Waals surface area contributed by atoms with Crippen LogP contribution in [0.15, 0.2) is 35.5 Å². The lowest BCUT2D eigenvalue weighted by atomic mass is 10.2. The van der Waals surface area contributed by atoms with Gasteiger partial charge in [-0.25, -0.2) is 0 Å². The summed E-state index contributed by atoms with van der Waals surface area (Å²) in [5.41, 5.74) is 6.49. The molecule has 0 amide bonds. The maximum atomic E-state index is 5.47. The molecule has 0 aliphatic rings. The summed E-state index contributed by atoms with van der Waals surface area (Å²) < 4.78 is 0. The van der Waals surface area contributed by atoms with E-state index in [0.29, 0.717) is 6.61 Å². The molecule has 0 aliphatic heterocycles. The Kier molecular flexibility index (Phi) is 3.99. The van der Waals surface area contributed by atoms with E-state index in [1.165, 1.54) is 0 Å². The lowest BCUT2D eigenvalue weighted by molar-refractivity contribution is 0.135. The minimum atomic E-state index is 0.0212. The lowest BCUT2D eigenvalue weighted by Crippen LogP contribution is -2.20. The number of nitrogens with zero attached hydrogens (tertiary/aromatic N) is 1. The van der Waals surface area contributed by atoms with E-state index in [-0.39, 0.29) is 6.04 Å². The number of nitrogens with two attached hydrogens (primary N) is 1. The fraction of sp³-hybridized carbons (Fsp3) is 0.300. The van der Waals surface area contributed by atoms with Crippen molar-refractivity contribution in [3.8, 4) is 0 Å².